The maximum Gasteiger partial charge on any atom is 0.231 e. The molecule has 1 aromatic carbocycles. The Kier molecular flexibility index (Phi) is 4.74. The Labute approximate surface area is 162 Å². The average Bonchev–Trinajstić information content (AvgIpc) is 2.98. The first-order chi connectivity index (χ1) is 13.0. The number of amides is 1. The molecule has 7 heteroatoms. The average molecular weight is 385 g/mol. The van der Waals surface area contributed by atoms with Crippen molar-refractivity contribution in [3.05, 3.63) is 46.9 Å². The second kappa shape index (κ2) is 7.19. The van der Waals surface area contributed by atoms with E-state index in [9.17, 15) is 4.79 Å². The molecule has 4 rings (SSSR count). The molecular weight excluding hydrogens is 364 g/mol. The van der Waals surface area contributed by atoms with Gasteiger partial charge in [-0.2, -0.15) is 0 Å². The number of aromatic nitrogens is 2. The number of rotatable bonds is 3. The number of benzene rings is 1. The molecule has 0 saturated carbocycles. The zero-order valence-corrected chi connectivity index (χ0v) is 16.1. The van der Waals surface area contributed by atoms with E-state index in [1.54, 1.807) is 6.07 Å². The second-order valence-corrected chi connectivity index (χ2v) is 7.30. The fourth-order valence-corrected chi connectivity index (χ4v) is 3.74. The van der Waals surface area contributed by atoms with Gasteiger partial charge >= 0.3 is 0 Å². The zero-order chi connectivity index (χ0) is 19.0. The molecule has 3 heterocycles. The number of aryl methyl sites for hydroxylation is 2. The topological polar surface area (TPSA) is 71.3 Å². The summed E-state index contributed by atoms with van der Waals surface area (Å²) in [5.41, 5.74) is 2.35. The summed E-state index contributed by atoms with van der Waals surface area (Å²) in [7, 11) is 0. The van der Waals surface area contributed by atoms with Crippen LogP contribution in [-0.2, 0) is 4.79 Å². The van der Waals surface area contributed by atoms with Crippen LogP contribution in [0.15, 0.2) is 35.0 Å². The van der Waals surface area contributed by atoms with Crippen LogP contribution in [0.4, 0.5) is 11.5 Å². The van der Waals surface area contributed by atoms with Crippen molar-refractivity contribution in [1.29, 1.82) is 0 Å². The van der Waals surface area contributed by atoms with E-state index in [-0.39, 0.29) is 11.8 Å². The third-order valence-electron chi connectivity index (χ3n) is 5.24. The number of hydrogen-bond acceptors (Lipinski definition) is 5. The highest BCUT2D eigenvalue weighted by atomic mass is 35.5. The number of nitrogens with one attached hydrogen (secondary N) is 1. The molecule has 0 atom stereocenters. The van der Waals surface area contributed by atoms with Gasteiger partial charge in [0.05, 0.1) is 16.1 Å². The van der Waals surface area contributed by atoms with E-state index in [2.05, 4.69) is 20.2 Å². The van der Waals surface area contributed by atoms with Gasteiger partial charge in [-0.15, -0.1) is 0 Å². The molecule has 1 N–H and O–H groups in total. The molecule has 1 aliphatic heterocycles. The molecule has 1 amide bonds. The SMILES string of the molecule is Cc1oc2ncnc(N3CCC(C(=O)Nc4ccccc4Cl)CC3)c2c1C. The first-order valence-electron chi connectivity index (χ1n) is 9.05. The van der Waals surface area contributed by atoms with E-state index < -0.39 is 0 Å². The monoisotopic (exact) mass is 384 g/mol. The quantitative estimate of drug-likeness (QED) is 0.726. The molecule has 27 heavy (non-hydrogen) atoms. The predicted molar refractivity (Wildman–Crippen MR) is 106 cm³/mol. The number of furan rings is 1. The van der Waals surface area contributed by atoms with Crippen LogP contribution < -0.4 is 10.2 Å². The second-order valence-electron chi connectivity index (χ2n) is 6.89. The normalized spacial score (nSPS) is 15.3. The lowest BCUT2D eigenvalue weighted by Gasteiger charge is -2.32. The zero-order valence-electron chi connectivity index (χ0n) is 15.3. The summed E-state index contributed by atoms with van der Waals surface area (Å²) in [6.45, 7) is 5.48. The van der Waals surface area contributed by atoms with Crippen molar-refractivity contribution in [3.8, 4) is 0 Å². The molecule has 0 bridgehead atoms. The fraction of sp³-hybridized carbons (Fsp3) is 0.350. The standard InChI is InChI=1S/C20H21ClN4O2/c1-12-13(2)27-20-17(12)18(22-11-23-20)25-9-7-14(8-10-25)19(26)24-16-6-4-3-5-15(16)21/h3-6,11,14H,7-10H2,1-2H3,(H,24,26). The molecular formula is C20H21ClN4O2. The Morgan fingerprint density at radius 2 is 1.96 bits per heavy atom. The molecule has 1 saturated heterocycles. The summed E-state index contributed by atoms with van der Waals surface area (Å²) in [4.78, 5) is 23.5. The number of halogens is 1. The van der Waals surface area contributed by atoms with Crippen molar-refractivity contribution < 1.29 is 9.21 Å². The summed E-state index contributed by atoms with van der Waals surface area (Å²) in [5, 5.41) is 4.47. The molecule has 0 aliphatic carbocycles. The minimum atomic E-state index is -0.0398. The molecule has 0 radical (unpaired) electrons. The van der Waals surface area contributed by atoms with Gasteiger partial charge in [-0.05, 0) is 38.8 Å². The van der Waals surface area contributed by atoms with E-state index in [1.165, 1.54) is 6.33 Å². The van der Waals surface area contributed by atoms with Crippen molar-refractivity contribution in [2.24, 2.45) is 5.92 Å². The van der Waals surface area contributed by atoms with E-state index in [0.717, 1.165) is 48.5 Å². The highest BCUT2D eigenvalue weighted by Crippen LogP contribution is 2.33. The van der Waals surface area contributed by atoms with Crippen molar-refractivity contribution >= 4 is 40.1 Å². The van der Waals surface area contributed by atoms with Crippen LogP contribution in [0, 0.1) is 19.8 Å². The summed E-state index contributed by atoms with van der Waals surface area (Å²) in [6.07, 6.45) is 3.06. The van der Waals surface area contributed by atoms with Gasteiger partial charge in [0, 0.05) is 24.6 Å². The minimum Gasteiger partial charge on any atom is -0.443 e. The third kappa shape index (κ3) is 3.37. The first kappa shape index (κ1) is 17.8. The lowest BCUT2D eigenvalue weighted by molar-refractivity contribution is -0.120. The predicted octanol–water partition coefficient (Wildman–Crippen LogP) is 4.35. The van der Waals surface area contributed by atoms with E-state index in [0.29, 0.717) is 16.4 Å². The van der Waals surface area contributed by atoms with E-state index in [1.807, 2.05) is 32.0 Å². The summed E-state index contributed by atoms with van der Waals surface area (Å²) < 4.78 is 5.71. The number of nitrogens with zero attached hydrogens (tertiary/aromatic N) is 3. The van der Waals surface area contributed by atoms with Gasteiger partial charge in [-0.1, -0.05) is 23.7 Å². The van der Waals surface area contributed by atoms with Crippen LogP contribution >= 0.6 is 11.6 Å². The van der Waals surface area contributed by atoms with Gasteiger partial charge in [0.15, 0.2) is 0 Å². The van der Waals surface area contributed by atoms with Crippen LogP contribution in [0.2, 0.25) is 5.02 Å². The Morgan fingerprint density at radius 1 is 1.22 bits per heavy atom. The first-order valence-corrected chi connectivity index (χ1v) is 9.43. The maximum absolute atomic E-state index is 12.6. The van der Waals surface area contributed by atoms with Crippen molar-refractivity contribution in [1.82, 2.24) is 9.97 Å². The Balaban J connectivity index is 1.47. The summed E-state index contributed by atoms with van der Waals surface area (Å²) >= 11 is 6.14. The number of fused-ring (bicyclic) bond motifs is 1. The van der Waals surface area contributed by atoms with Gasteiger partial charge in [0.25, 0.3) is 0 Å². The van der Waals surface area contributed by atoms with Crippen molar-refractivity contribution in [3.63, 3.8) is 0 Å². The number of anilines is 2. The van der Waals surface area contributed by atoms with Gasteiger partial charge in [0.2, 0.25) is 11.6 Å². The molecule has 0 unspecified atom stereocenters. The third-order valence-corrected chi connectivity index (χ3v) is 5.57. The largest absolute Gasteiger partial charge is 0.443 e. The van der Waals surface area contributed by atoms with E-state index in [4.69, 9.17) is 16.0 Å². The van der Waals surface area contributed by atoms with Crippen LogP contribution in [0.25, 0.3) is 11.1 Å². The molecule has 2 aromatic heterocycles. The highest BCUT2D eigenvalue weighted by molar-refractivity contribution is 6.33. The molecule has 140 valence electrons. The molecule has 1 fully saturated rings. The van der Waals surface area contributed by atoms with Crippen LogP contribution in [-0.4, -0.2) is 29.0 Å². The lowest BCUT2D eigenvalue weighted by Crippen LogP contribution is -2.38. The number of hydrogen-bond donors (Lipinski definition) is 1. The Bertz CT molecular complexity index is 993. The summed E-state index contributed by atoms with van der Waals surface area (Å²) in [5.74, 6) is 1.73. The van der Waals surface area contributed by atoms with Crippen LogP contribution in [0.3, 0.4) is 0 Å². The van der Waals surface area contributed by atoms with Crippen LogP contribution in [0.5, 0.6) is 0 Å². The van der Waals surface area contributed by atoms with Gasteiger partial charge in [0.1, 0.15) is 17.9 Å². The highest BCUT2D eigenvalue weighted by Gasteiger charge is 2.28. The molecule has 1 aliphatic rings. The molecule has 6 nitrogen and oxygen atoms in total. The summed E-state index contributed by atoms with van der Waals surface area (Å²) in [6, 6.07) is 7.30. The van der Waals surface area contributed by atoms with Crippen molar-refractivity contribution in [2.45, 2.75) is 26.7 Å². The number of carbonyl (C=O) groups is 1. The number of piperidine rings is 1. The Hall–Kier alpha value is -2.60. The minimum absolute atomic E-state index is 0.0194. The molecule has 0 spiro atoms. The number of carbonyl (C=O) groups excluding carboxylic acids is 1. The number of para-hydroxylation sites is 1. The fourth-order valence-electron chi connectivity index (χ4n) is 3.55. The van der Waals surface area contributed by atoms with Gasteiger partial charge in [-0.3, -0.25) is 4.79 Å². The van der Waals surface area contributed by atoms with Gasteiger partial charge in [-0.25, -0.2) is 9.97 Å². The molecule has 3 aromatic rings. The Morgan fingerprint density at radius 3 is 2.70 bits per heavy atom. The van der Waals surface area contributed by atoms with Crippen molar-refractivity contribution in [2.75, 3.05) is 23.3 Å². The van der Waals surface area contributed by atoms with Gasteiger partial charge < -0.3 is 14.6 Å². The smallest absolute Gasteiger partial charge is 0.231 e. The maximum atomic E-state index is 12.6. The van der Waals surface area contributed by atoms with E-state index >= 15 is 0 Å². The van der Waals surface area contributed by atoms with Crippen LogP contribution in [0.1, 0.15) is 24.2 Å². The lowest BCUT2D eigenvalue weighted by atomic mass is 9.95.